The standard InChI is InChI=1S/C27H36N4O3/c1-16(2)23-14-30(9-10-31(23)26(32)19-8-11-33-18(19)5)25-21(13-28)20-12-27(6,7)34-15-22(20)24(29-25)17(3)4/h8,11,16-17,23H,9-10,12,14-15H2,1-7H3. The zero-order chi connectivity index (χ0) is 24.8. The summed E-state index contributed by atoms with van der Waals surface area (Å²) < 4.78 is 11.5. The molecular formula is C27H36N4O3. The Morgan fingerprint density at radius 3 is 2.56 bits per heavy atom. The Morgan fingerprint density at radius 2 is 1.97 bits per heavy atom. The Bertz CT molecular complexity index is 1130. The number of ether oxygens (including phenoxy) is 1. The van der Waals surface area contributed by atoms with Gasteiger partial charge in [0.05, 0.1) is 41.3 Å². The number of hydrogen-bond donors (Lipinski definition) is 0. The van der Waals surface area contributed by atoms with Crippen molar-refractivity contribution in [3.05, 3.63) is 46.0 Å². The summed E-state index contributed by atoms with van der Waals surface area (Å²) in [5.41, 5.74) is 4.10. The molecular weight excluding hydrogens is 428 g/mol. The van der Waals surface area contributed by atoms with Crippen LogP contribution < -0.4 is 4.90 Å². The van der Waals surface area contributed by atoms with Gasteiger partial charge in [-0.15, -0.1) is 0 Å². The number of carbonyl (C=O) groups excluding carboxylic acids is 1. The van der Waals surface area contributed by atoms with Crippen molar-refractivity contribution in [3.8, 4) is 6.07 Å². The van der Waals surface area contributed by atoms with Crippen molar-refractivity contribution in [1.29, 1.82) is 5.26 Å². The average molecular weight is 465 g/mol. The highest BCUT2D eigenvalue weighted by Crippen LogP contribution is 2.38. The SMILES string of the molecule is Cc1occc1C(=O)N1CCN(c2nc(C(C)C)c3c(c2C#N)CC(C)(C)OC3)CC1C(C)C. The Labute approximate surface area is 202 Å². The second kappa shape index (κ2) is 9.07. The van der Waals surface area contributed by atoms with Crippen LogP contribution in [0.15, 0.2) is 16.7 Å². The van der Waals surface area contributed by atoms with Gasteiger partial charge in [-0.3, -0.25) is 4.79 Å². The maximum atomic E-state index is 13.3. The van der Waals surface area contributed by atoms with E-state index in [9.17, 15) is 10.1 Å². The largest absolute Gasteiger partial charge is 0.469 e. The molecule has 2 aromatic rings. The van der Waals surface area contributed by atoms with E-state index in [1.54, 1.807) is 12.3 Å². The van der Waals surface area contributed by atoms with Crippen molar-refractivity contribution in [2.45, 2.75) is 79.1 Å². The molecule has 2 aromatic heterocycles. The van der Waals surface area contributed by atoms with Gasteiger partial charge in [0.2, 0.25) is 0 Å². The molecule has 1 amide bonds. The number of aromatic nitrogens is 1. The summed E-state index contributed by atoms with van der Waals surface area (Å²) in [4.78, 5) is 22.6. The van der Waals surface area contributed by atoms with Gasteiger partial charge in [0, 0.05) is 31.6 Å². The van der Waals surface area contributed by atoms with Crippen molar-refractivity contribution in [1.82, 2.24) is 9.88 Å². The molecule has 0 saturated carbocycles. The van der Waals surface area contributed by atoms with Crippen LogP contribution in [-0.4, -0.2) is 47.1 Å². The summed E-state index contributed by atoms with van der Waals surface area (Å²) >= 11 is 0. The third-order valence-corrected chi connectivity index (χ3v) is 7.13. The molecule has 1 fully saturated rings. The normalized spacial score (nSPS) is 19.9. The van der Waals surface area contributed by atoms with E-state index in [-0.39, 0.29) is 29.4 Å². The molecule has 2 aliphatic heterocycles. The smallest absolute Gasteiger partial charge is 0.257 e. The molecule has 0 spiro atoms. The van der Waals surface area contributed by atoms with Crippen molar-refractivity contribution in [2.75, 3.05) is 24.5 Å². The summed E-state index contributed by atoms with van der Waals surface area (Å²) in [5.74, 6) is 1.87. The maximum Gasteiger partial charge on any atom is 0.257 e. The number of pyridine rings is 1. The Kier molecular flexibility index (Phi) is 6.48. The van der Waals surface area contributed by atoms with Gasteiger partial charge in [-0.25, -0.2) is 4.98 Å². The van der Waals surface area contributed by atoms with Gasteiger partial charge in [-0.2, -0.15) is 5.26 Å². The van der Waals surface area contributed by atoms with Gasteiger partial charge in [-0.05, 0) is 44.2 Å². The molecule has 4 heterocycles. The molecule has 1 saturated heterocycles. The molecule has 7 nitrogen and oxygen atoms in total. The molecule has 0 aromatic carbocycles. The summed E-state index contributed by atoms with van der Waals surface area (Å²) in [6, 6.07) is 4.23. The number of anilines is 1. The van der Waals surface area contributed by atoms with E-state index in [4.69, 9.17) is 14.1 Å². The van der Waals surface area contributed by atoms with Crippen LogP contribution in [0.1, 0.15) is 86.0 Å². The lowest BCUT2D eigenvalue weighted by Crippen LogP contribution is -2.57. The quantitative estimate of drug-likeness (QED) is 0.645. The number of fused-ring (bicyclic) bond motifs is 1. The van der Waals surface area contributed by atoms with Crippen LogP contribution in [0, 0.1) is 24.2 Å². The first kappa shape index (κ1) is 24.3. The van der Waals surface area contributed by atoms with Crippen molar-refractivity contribution < 1.29 is 13.9 Å². The fraction of sp³-hybridized carbons (Fsp3) is 0.593. The number of nitrogens with zero attached hydrogens (tertiary/aromatic N) is 4. The highest BCUT2D eigenvalue weighted by molar-refractivity contribution is 5.95. The first-order valence-electron chi connectivity index (χ1n) is 12.2. The zero-order valence-electron chi connectivity index (χ0n) is 21.4. The average Bonchev–Trinajstić information content (AvgIpc) is 3.22. The van der Waals surface area contributed by atoms with Crippen LogP contribution in [0.3, 0.4) is 0 Å². The van der Waals surface area contributed by atoms with Gasteiger partial charge in [0.1, 0.15) is 17.6 Å². The Hall–Kier alpha value is -2.85. The molecule has 0 radical (unpaired) electrons. The molecule has 7 heteroatoms. The van der Waals surface area contributed by atoms with E-state index in [0.717, 1.165) is 22.6 Å². The minimum absolute atomic E-state index is 0.00204. The number of rotatable bonds is 4. The molecule has 0 bridgehead atoms. The van der Waals surface area contributed by atoms with E-state index >= 15 is 0 Å². The molecule has 4 rings (SSSR count). The first-order valence-corrected chi connectivity index (χ1v) is 12.2. The van der Waals surface area contributed by atoms with Gasteiger partial charge in [-0.1, -0.05) is 27.7 Å². The lowest BCUT2D eigenvalue weighted by atomic mass is 9.86. The fourth-order valence-corrected chi connectivity index (χ4v) is 5.19. The van der Waals surface area contributed by atoms with Crippen LogP contribution in [0.5, 0.6) is 0 Å². The van der Waals surface area contributed by atoms with Crippen molar-refractivity contribution >= 4 is 11.7 Å². The zero-order valence-corrected chi connectivity index (χ0v) is 21.4. The van der Waals surface area contributed by atoms with Gasteiger partial charge < -0.3 is 19.0 Å². The molecule has 1 unspecified atom stereocenters. The second-order valence-electron chi connectivity index (χ2n) is 10.8. The van der Waals surface area contributed by atoms with Gasteiger partial charge >= 0.3 is 0 Å². The number of amides is 1. The van der Waals surface area contributed by atoms with Crippen LogP contribution in [0.25, 0.3) is 0 Å². The predicted octanol–water partition coefficient (Wildman–Crippen LogP) is 4.82. The van der Waals surface area contributed by atoms with Crippen LogP contribution in [0.4, 0.5) is 5.82 Å². The third kappa shape index (κ3) is 4.32. The summed E-state index contributed by atoms with van der Waals surface area (Å²) in [5, 5.41) is 10.2. The van der Waals surface area contributed by atoms with E-state index in [0.29, 0.717) is 49.5 Å². The third-order valence-electron chi connectivity index (χ3n) is 7.13. The lowest BCUT2D eigenvalue weighted by molar-refractivity contribution is -0.0408. The number of hydrogen-bond acceptors (Lipinski definition) is 6. The maximum absolute atomic E-state index is 13.3. The van der Waals surface area contributed by atoms with Crippen LogP contribution >= 0.6 is 0 Å². The topological polar surface area (TPSA) is 82.6 Å². The summed E-state index contributed by atoms with van der Waals surface area (Å²) in [7, 11) is 0. The highest BCUT2D eigenvalue weighted by Gasteiger charge is 2.38. The number of furan rings is 1. The van der Waals surface area contributed by atoms with Crippen molar-refractivity contribution in [2.24, 2.45) is 5.92 Å². The molecule has 34 heavy (non-hydrogen) atoms. The minimum atomic E-state index is -0.320. The summed E-state index contributed by atoms with van der Waals surface area (Å²) in [6.45, 7) is 16.8. The fourth-order valence-electron chi connectivity index (χ4n) is 5.19. The van der Waals surface area contributed by atoms with Gasteiger partial charge in [0.25, 0.3) is 5.91 Å². The minimum Gasteiger partial charge on any atom is -0.469 e. The van der Waals surface area contributed by atoms with Crippen LogP contribution in [-0.2, 0) is 17.8 Å². The summed E-state index contributed by atoms with van der Waals surface area (Å²) in [6.07, 6.45) is 2.25. The lowest BCUT2D eigenvalue weighted by Gasteiger charge is -2.44. The number of aryl methyl sites for hydroxylation is 1. The highest BCUT2D eigenvalue weighted by atomic mass is 16.5. The predicted molar refractivity (Wildman–Crippen MR) is 131 cm³/mol. The number of carbonyl (C=O) groups is 1. The van der Waals surface area contributed by atoms with E-state index in [1.807, 2.05) is 11.8 Å². The molecule has 1 atom stereocenters. The second-order valence-corrected chi connectivity index (χ2v) is 10.8. The Balaban J connectivity index is 1.73. The van der Waals surface area contributed by atoms with Crippen molar-refractivity contribution in [3.63, 3.8) is 0 Å². The number of piperazine rings is 1. The van der Waals surface area contributed by atoms with E-state index in [2.05, 4.69) is 52.5 Å². The molecule has 0 N–H and O–H groups in total. The molecule has 2 aliphatic rings. The van der Waals surface area contributed by atoms with Gasteiger partial charge in [0.15, 0.2) is 0 Å². The molecule has 0 aliphatic carbocycles. The first-order chi connectivity index (χ1) is 16.0. The van der Waals surface area contributed by atoms with E-state index < -0.39 is 0 Å². The van der Waals surface area contributed by atoms with E-state index in [1.165, 1.54) is 0 Å². The number of nitriles is 1. The monoisotopic (exact) mass is 464 g/mol. The Morgan fingerprint density at radius 1 is 1.24 bits per heavy atom. The van der Waals surface area contributed by atoms with Crippen LogP contribution in [0.2, 0.25) is 0 Å². The molecule has 182 valence electrons.